The molecule has 23 heavy (non-hydrogen) atoms. The highest BCUT2D eigenvalue weighted by Crippen LogP contribution is 2.13. The molecule has 0 fully saturated rings. The summed E-state index contributed by atoms with van der Waals surface area (Å²) >= 11 is 0. The van der Waals surface area contributed by atoms with Crippen LogP contribution in [0.1, 0.15) is 42.0 Å². The first-order valence-corrected chi connectivity index (χ1v) is 8.61. The predicted molar refractivity (Wildman–Crippen MR) is 96.2 cm³/mol. The van der Waals surface area contributed by atoms with Gasteiger partial charge >= 0.3 is 0 Å². The fourth-order valence-corrected chi connectivity index (χ4v) is 2.90. The number of rotatable bonds is 8. The Morgan fingerprint density at radius 2 is 1.57 bits per heavy atom. The molecule has 0 spiro atoms. The van der Waals surface area contributed by atoms with Gasteiger partial charge in [-0.25, -0.2) is 4.39 Å². The fraction of sp³-hybridized carbons (Fsp3) is 0.429. The maximum atomic E-state index is 12.9. The molecule has 124 valence electrons. The molecule has 0 bridgehead atoms. The first-order valence-electron chi connectivity index (χ1n) is 8.61. The van der Waals surface area contributed by atoms with Gasteiger partial charge < -0.3 is 0 Å². The van der Waals surface area contributed by atoms with Crippen molar-refractivity contribution in [1.82, 2.24) is 4.90 Å². The Bertz CT molecular complexity index is 604. The van der Waals surface area contributed by atoms with Crippen molar-refractivity contribution in [2.24, 2.45) is 0 Å². The third-order valence-electron chi connectivity index (χ3n) is 4.37. The normalized spacial score (nSPS) is 11.2. The van der Waals surface area contributed by atoms with E-state index < -0.39 is 0 Å². The molecular weight excluding hydrogens is 285 g/mol. The number of halogens is 1. The molecule has 2 aromatic rings. The van der Waals surface area contributed by atoms with E-state index in [1.165, 1.54) is 28.7 Å². The number of nitrogens with zero attached hydrogens (tertiary/aromatic N) is 1. The minimum absolute atomic E-state index is 0.156. The highest BCUT2D eigenvalue weighted by atomic mass is 19.1. The summed E-state index contributed by atoms with van der Waals surface area (Å²) in [4.78, 5) is 2.52. The molecule has 0 saturated carbocycles. The van der Waals surface area contributed by atoms with E-state index in [1.807, 2.05) is 12.1 Å². The van der Waals surface area contributed by atoms with Crippen molar-refractivity contribution in [3.05, 3.63) is 70.5 Å². The Morgan fingerprint density at radius 3 is 2.22 bits per heavy atom. The van der Waals surface area contributed by atoms with Crippen molar-refractivity contribution in [2.45, 2.75) is 46.6 Å². The van der Waals surface area contributed by atoms with Gasteiger partial charge in [-0.1, -0.05) is 37.3 Å². The molecule has 0 saturated heterocycles. The number of hydrogen-bond donors (Lipinski definition) is 0. The molecule has 0 aromatic heterocycles. The van der Waals surface area contributed by atoms with E-state index in [2.05, 4.69) is 43.9 Å². The summed E-state index contributed by atoms with van der Waals surface area (Å²) < 4.78 is 12.9. The lowest BCUT2D eigenvalue weighted by Crippen LogP contribution is -2.25. The van der Waals surface area contributed by atoms with Gasteiger partial charge in [-0.05, 0) is 80.6 Å². The van der Waals surface area contributed by atoms with Crippen LogP contribution in [-0.2, 0) is 13.0 Å². The largest absolute Gasteiger partial charge is 0.299 e. The summed E-state index contributed by atoms with van der Waals surface area (Å²) in [5.41, 5.74) is 5.33. The van der Waals surface area contributed by atoms with Crippen LogP contribution in [0.25, 0.3) is 0 Å². The van der Waals surface area contributed by atoms with Gasteiger partial charge in [0, 0.05) is 6.54 Å². The molecule has 0 heterocycles. The van der Waals surface area contributed by atoms with Crippen LogP contribution in [0, 0.1) is 19.7 Å². The van der Waals surface area contributed by atoms with E-state index in [0.717, 1.165) is 32.5 Å². The average molecular weight is 313 g/mol. The van der Waals surface area contributed by atoms with E-state index in [-0.39, 0.29) is 5.82 Å². The number of aryl methyl sites for hydroxylation is 3. The second-order valence-corrected chi connectivity index (χ2v) is 6.42. The van der Waals surface area contributed by atoms with Gasteiger partial charge in [-0.3, -0.25) is 4.90 Å². The minimum atomic E-state index is -0.156. The highest BCUT2D eigenvalue weighted by molar-refractivity contribution is 5.29. The molecule has 0 N–H and O–H groups in total. The van der Waals surface area contributed by atoms with Crippen LogP contribution < -0.4 is 0 Å². The van der Waals surface area contributed by atoms with E-state index >= 15 is 0 Å². The summed E-state index contributed by atoms with van der Waals surface area (Å²) in [5, 5.41) is 0. The average Bonchev–Trinajstić information content (AvgIpc) is 2.53. The van der Waals surface area contributed by atoms with Crippen LogP contribution in [0.5, 0.6) is 0 Å². The Morgan fingerprint density at radius 1 is 0.870 bits per heavy atom. The van der Waals surface area contributed by atoms with Crippen molar-refractivity contribution in [3.8, 4) is 0 Å². The SMILES string of the molecule is CCCN(CCCc1ccc(F)cc1)Cc1ccc(C)c(C)c1. The smallest absolute Gasteiger partial charge is 0.123 e. The summed E-state index contributed by atoms with van der Waals surface area (Å²) in [6.45, 7) is 9.78. The highest BCUT2D eigenvalue weighted by Gasteiger charge is 2.06. The molecular formula is C21H28FN. The van der Waals surface area contributed by atoms with Gasteiger partial charge in [0.05, 0.1) is 0 Å². The number of benzene rings is 2. The molecule has 0 aliphatic carbocycles. The summed E-state index contributed by atoms with van der Waals surface area (Å²) in [6, 6.07) is 13.6. The van der Waals surface area contributed by atoms with Crippen molar-refractivity contribution in [3.63, 3.8) is 0 Å². The standard InChI is InChI=1S/C21H28FN/c1-4-13-23(16-20-8-7-17(2)18(3)15-20)14-5-6-19-9-11-21(22)12-10-19/h7-12,15H,4-6,13-14,16H2,1-3H3. The summed E-state index contributed by atoms with van der Waals surface area (Å²) in [7, 11) is 0. The quantitative estimate of drug-likeness (QED) is 0.640. The first kappa shape index (κ1) is 17.7. The third kappa shape index (κ3) is 5.80. The molecule has 2 heteroatoms. The fourth-order valence-electron chi connectivity index (χ4n) is 2.90. The van der Waals surface area contributed by atoms with Gasteiger partial charge in [-0.2, -0.15) is 0 Å². The molecule has 0 aliphatic rings. The Labute approximate surface area is 140 Å². The molecule has 0 aliphatic heterocycles. The van der Waals surface area contributed by atoms with Crippen LogP contribution in [0.4, 0.5) is 4.39 Å². The van der Waals surface area contributed by atoms with E-state index in [9.17, 15) is 4.39 Å². The zero-order valence-corrected chi connectivity index (χ0v) is 14.6. The Balaban J connectivity index is 1.87. The van der Waals surface area contributed by atoms with Crippen LogP contribution >= 0.6 is 0 Å². The lowest BCUT2D eigenvalue weighted by Gasteiger charge is -2.22. The van der Waals surface area contributed by atoms with Crippen molar-refractivity contribution >= 4 is 0 Å². The zero-order valence-electron chi connectivity index (χ0n) is 14.6. The lowest BCUT2D eigenvalue weighted by molar-refractivity contribution is 0.262. The van der Waals surface area contributed by atoms with Crippen molar-refractivity contribution < 1.29 is 4.39 Å². The first-order chi connectivity index (χ1) is 11.1. The van der Waals surface area contributed by atoms with Gasteiger partial charge in [0.15, 0.2) is 0 Å². The van der Waals surface area contributed by atoms with Gasteiger partial charge in [0.2, 0.25) is 0 Å². The van der Waals surface area contributed by atoms with E-state index in [0.29, 0.717) is 0 Å². The zero-order chi connectivity index (χ0) is 16.7. The Kier molecular flexibility index (Phi) is 6.79. The third-order valence-corrected chi connectivity index (χ3v) is 4.37. The van der Waals surface area contributed by atoms with E-state index in [4.69, 9.17) is 0 Å². The van der Waals surface area contributed by atoms with E-state index in [1.54, 1.807) is 12.1 Å². The topological polar surface area (TPSA) is 3.24 Å². The molecule has 2 rings (SSSR count). The van der Waals surface area contributed by atoms with Crippen molar-refractivity contribution in [1.29, 1.82) is 0 Å². The molecule has 0 radical (unpaired) electrons. The Hall–Kier alpha value is -1.67. The molecule has 0 amide bonds. The molecule has 0 atom stereocenters. The summed E-state index contributed by atoms with van der Waals surface area (Å²) in [6.07, 6.45) is 3.28. The van der Waals surface area contributed by atoms with Gasteiger partial charge in [0.25, 0.3) is 0 Å². The van der Waals surface area contributed by atoms with Crippen LogP contribution in [-0.4, -0.2) is 18.0 Å². The maximum absolute atomic E-state index is 12.9. The summed E-state index contributed by atoms with van der Waals surface area (Å²) in [5.74, 6) is -0.156. The molecule has 1 nitrogen and oxygen atoms in total. The monoisotopic (exact) mass is 313 g/mol. The molecule has 2 aromatic carbocycles. The van der Waals surface area contributed by atoms with Gasteiger partial charge in [0.1, 0.15) is 5.82 Å². The predicted octanol–water partition coefficient (Wildman–Crippen LogP) is 5.29. The minimum Gasteiger partial charge on any atom is -0.299 e. The lowest BCUT2D eigenvalue weighted by atomic mass is 10.1. The van der Waals surface area contributed by atoms with Crippen LogP contribution in [0.3, 0.4) is 0 Å². The van der Waals surface area contributed by atoms with Crippen LogP contribution in [0.15, 0.2) is 42.5 Å². The maximum Gasteiger partial charge on any atom is 0.123 e. The molecule has 0 unspecified atom stereocenters. The van der Waals surface area contributed by atoms with Gasteiger partial charge in [-0.15, -0.1) is 0 Å². The van der Waals surface area contributed by atoms with Crippen molar-refractivity contribution in [2.75, 3.05) is 13.1 Å². The second-order valence-electron chi connectivity index (χ2n) is 6.42. The van der Waals surface area contributed by atoms with Crippen LogP contribution in [0.2, 0.25) is 0 Å². The number of hydrogen-bond acceptors (Lipinski definition) is 1. The second kappa shape index (κ2) is 8.83.